The van der Waals surface area contributed by atoms with Crippen LogP contribution in [0.5, 0.6) is 0 Å². The van der Waals surface area contributed by atoms with Gasteiger partial charge in [-0.15, -0.1) is 0 Å². The molecule has 7 nitrogen and oxygen atoms in total. The fourth-order valence-electron chi connectivity index (χ4n) is 3.16. The molecule has 0 atom stereocenters. The van der Waals surface area contributed by atoms with Crippen molar-refractivity contribution in [3.8, 4) is 11.4 Å². The van der Waals surface area contributed by atoms with Crippen LogP contribution in [-0.2, 0) is 0 Å². The van der Waals surface area contributed by atoms with Crippen molar-refractivity contribution in [3.63, 3.8) is 0 Å². The number of aromatic amines is 1. The summed E-state index contributed by atoms with van der Waals surface area (Å²) in [6, 6.07) is 15.2. The number of rotatable bonds is 3. The summed E-state index contributed by atoms with van der Waals surface area (Å²) in [5, 5.41) is 4.05. The van der Waals surface area contributed by atoms with Crippen molar-refractivity contribution >= 4 is 16.9 Å². The summed E-state index contributed by atoms with van der Waals surface area (Å²) in [6.45, 7) is 1.16. The van der Waals surface area contributed by atoms with Gasteiger partial charge in [-0.05, 0) is 18.2 Å². The highest BCUT2D eigenvalue weighted by Crippen LogP contribution is 2.29. The van der Waals surface area contributed by atoms with Crippen molar-refractivity contribution in [2.24, 2.45) is 0 Å². The molecule has 1 aliphatic rings. The van der Waals surface area contributed by atoms with E-state index in [2.05, 4.69) is 20.1 Å². The lowest BCUT2D eigenvalue weighted by atomic mass is 9.98. The van der Waals surface area contributed by atoms with Crippen molar-refractivity contribution in [3.05, 3.63) is 66.3 Å². The van der Waals surface area contributed by atoms with Crippen LogP contribution in [0.1, 0.15) is 22.2 Å². The Hall–Kier alpha value is -3.48. The molecule has 1 N–H and O–H groups in total. The van der Waals surface area contributed by atoms with Crippen molar-refractivity contribution < 1.29 is 9.32 Å². The minimum atomic E-state index is 0.000508. The van der Waals surface area contributed by atoms with E-state index in [0.717, 1.165) is 16.6 Å². The van der Waals surface area contributed by atoms with Crippen LogP contribution in [-0.4, -0.2) is 44.0 Å². The van der Waals surface area contributed by atoms with E-state index in [0.29, 0.717) is 30.4 Å². The Bertz CT molecular complexity index is 1080. The van der Waals surface area contributed by atoms with Gasteiger partial charge in [0, 0.05) is 24.2 Å². The Morgan fingerprint density at radius 3 is 2.85 bits per heavy atom. The van der Waals surface area contributed by atoms with Crippen molar-refractivity contribution in [2.45, 2.75) is 5.92 Å². The summed E-state index contributed by atoms with van der Waals surface area (Å²) in [6.07, 6.45) is 1.62. The van der Waals surface area contributed by atoms with Gasteiger partial charge in [0.1, 0.15) is 0 Å². The molecule has 2 aromatic carbocycles. The van der Waals surface area contributed by atoms with Gasteiger partial charge in [-0.2, -0.15) is 4.98 Å². The average molecular weight is 345 g/mol. The quantitative estimate of drug-likeness (QED) is 0.617. The highest BCUT2D eigenvalue weighted by Gasteiger charge is 2.36. The zero-order valence-electron chi connectivity index (χ0n) is 13.8. The first-order chi connectivity index (χ1) is 12.8. The van der Waals surface area contributed by atoms with Gasteiger partial charge < -0.3 is 14.4 Å². The van der Waals surface area contributed by atoms with Crippen molar-refractivity contribution in [1.29, 1.82) is 0 Å². The summed E-state index contributed by atoms with van der Waals surface area (Å²) in [7, 11) is 0. The van der Waals surface area contributed by atoms with Crippen LogP contribution >= 0.6 is 0 Å². The van der Waals surface area contributed by atoms with E-state index in [1.165, 1.54) is 0 Å². The molecule has 0 aliphatic carbocycles. The molecular formula is C19H15N5O2. The summed E-state index contributed by atoms with van der Waals surface area (Å²) in [5.74, 6) is 1.24. The van der Waals surface area contributed by atoms with Crippen LogP contribution in [0.15, 0.2) is 59.4 Å². The molecule has 1 amide bonds. The van der Waals surface area contributed by atoms with Crippen LogP contribution < -0.4 is 0 Å². The van der Waals surface area contributed by atoms with E-state index in [9.17, 15) is 4.79 Å². The van der Waals surface area contributed by atoms with Gasteiger partial charge in [-0.1, -0.05) is 35.5 Å². The van der Waals surface area contributed by atoms with Gasteiger partial charge in [0.15, 0.2) is 0 Å². The lowest BCUT2D eigenvalue weighted by molar-refractivity contribution is 0.0569. The molecule has 4 aromatic rings. The molecule has 128 valence electrons. The molecule has 2 aromatic heterocycles. The Balaban J connectivity index is 1.28. The van der Waals surface area contributed by atoms with Gasteiger partial charge in [0.2, 0.25) is 11.7 Å². The van der Waals surface area contributed by atoms with Crippen LogP contribution in [0.3, 0.4) is 0 Å². The Kier molecular flexibility index (Phi) is 3.31. The lowest BCUT2D eigenvalue weighted by Gasteiger charge is -2.37. The van der Waals surface area contributed by atoms with Crippen LogP contribution in [0, 0.1) is 0 Å². The smallest absolute Gasteiger partial charge is 0.253 e. The second-order valence-corrected chi connectivity index (χ2v) is 6.36. The van der Waals surface area contributed by atoms with Gasteiger partial charge in [0.25, 0.3) is 5.91 Å². The average Bonchev–Trinajstić information content (AvgIpc) is 3.30. The molecule has 0 spiro atoms. The molecule has 1 saturated heterocycles. The summed E-state index contributed by atoms with van der Waals surface area (Å²) < 4.78 is 5.39. The first-order valence-corrected chi connectivity index (χ1v) is 8.39. The maximum Gasteiger partial charge on any atom is 0.253 e. The second-order valence-electron chi connectivity index (χ2n) is 6.36. The predicted molar refractivity (Wildman–Crippen MR) is 94.5 cm³/mol. The maximum atomic E-state index is 12.6. The zero-order valence-corrected chi connectivity index (χ0v) is 13.8. The molecule has 3 heterocycles. The molecule has 1 fully saturated rings. The fourth-order valence-corrected chi connectivity index (χ4v) is 3.16. The minimum Gasteiger partial charge on any atom is -0.345 e. The molecule has 5 rings (SSSR count). The van der Waals surface area contributed by atoms with Crippen molar-refractivity contribution in [2.75, 3.05) is 13.1 Å². The summed E-state index contributed by atoms with van der Waals surface area (Å²) in [4.78, 5) is 26.1. The lowest BCUT2D eigenvalue weighted by Crippen LogP contribution is -2.48. The number of nitrogens with one attached hydrogen (secondary N) is 1. The summed E-state index contributed by atoms with van der Waals surface area (Å²) in [5.41, 5.74) is 3.28. The highest BCUT2D eigenvalue weighted by molar-refractivity contribution is 5.97. The normalized spacial score (nSPS) is 14.5. The Morgan fingerprint density at radius 2 is 2.00 bits per heavy atom. The van der Waals surface area contributed by atoms with Crippen molar-refractivity contribution in [1.82, 2.24) is 25.0 Å². The first-order valence-electron chi connectivity index (χ1n) is 8.39. The third-order valence-electron chi connectivity index (χ3n) is 4.66. The van der Waals surface area contributed by atoms with Gasteiger partial charge >= 0.3 is 0 Å². The van der Waals surface area contributed by atoms with E-state index in [1.54, 1.807) is 17.3 Å². The van der Waals surface area contributed by atoms with Gasteiger partial charge in [0.05, 0.1) is 23.3 Å². The Labute approximate surface area is 148 Å². The monoisotopic (exact) mass is 345 g/mol. The molecule has 0 saturated carbocycles. The number of carbonyl (C=O) groups is 1. The highest BCUT2D eigenvalue weighted by atomic mass is 16.5. The number of hydrogen-bond acceptors (Lipinski definition) is 5. The third-order valence-corrected chi connectivity index (χ3v) is 4.66. The number of amides is 1. The minimum absolute atomic E-state index is 0.000508. The number of imidazole rings is 1. The van der Waals surface area contributed by atoms with Crippen LogP contribution in [0.4, 0.5) is 0 Å². The number of H-pyrrole nitrogens is 1. The summed E-state index contributed by atoms with van der Waals surface area (Å²) >= 11 is 0. The SMILES string of the molecule is O=C(c1ccc2nc[nH]c2c1)N1CC(c2nc(-c3ccccc3)no2)C1. The number of aromatic nitrogens is 4. The number of benzene rings is 2. The molecule has 0 unspecified atom stereocenters. The van der Waals surface area contributed by atoms with Gasteiger partial charge in [-0.3, -0.25) is 4.79 Å². The standard InChI is InChI=1S/C19H15N5O2/c25-19(13-6-7-15-16(8-13)21-11-20-15)24-9-14(10-24)18-22-17(23-26-18)12-4-2-1-3-5-12/h1-8,11,14H,9-10H2,(H,20,21). The van der Waals surface area contributed by atoms with E-state index in [-0.39, 0.29) is 11.8 Å². The molecule has 26 heavy (non-hydrogen) atoms. The van der Waals surface area contributed by atoms with Crippen LogP contribution in [0.2, 0.25) is 0 Å². The zero-order chi connectivity index (χ0) is 17.5. The van der Waals surface area contributed by atoms with E-state index < -0.39 is 0 Å². The topological polar surface area (TPSA) is 87.9 Å². The largest absolute Gasteiger partial charge is 0.345 e. The third kappa shape index (κ3) is 2.45. The number of carbonyl (C=O) groups excluding carboxylic acids is 1. The van der Waals surface area contributed by atoms with E-state index in [4.69, 9.17) is 4.52 Å². The fraction of sp³-hybridized carbons (Fsp3) is 0.158. The predicted octanol–water partition coefficient (Wildman–Crippen LogP) is 2.85. The van der Waals surface area contributed by atoms with Crippen LogP contribution in [0.25, 0.3) is 22.4 Å². The number of hydrogen-bond donors (Lipinski definition) is 1. The van der Waals surface area contributed by atoms with E-state index >= 15 is 0 Å². The second kappa shape index (κ2) is 5.80. The van der Waals surface area contributed by atoms with E-state index in [1.807, 2.05) is 42.5 Å². The Morgan fingerprint density at radius 1 is 1.15 bits per heavy atom. The molecule has 0 bridgehead atoms. The number of nitrogens with zero attached hydrogens (tertiary/aromatic N) is 4. The molecular weight excluding hydrogens is 330 g/mol. The number of fused-ring (bicyclic) bond motifs is 1. The molecule has 0 radical (unpaired) electrons. The molecule has 7 heteroatoms. The van der Waals surface area contributed by atoms with Gasteiger partial charge in [-0.25, -0.2) is 4.98 Å². The first kappa shape index (κ1) is 14.8. The molecule has 1 aliphatic heterocycles. The number of likely N-dealkylation sites (tertiary alicyclic amines) is 1. The maximum absolute atomic E-state index is 12.6.